The molecule has 2 aromatic rings. The highest BCUT2D eigenvalue weighted by molar-refractivity contribution is 6.30. The maximum absolute atomic E-state index is 13.2. The molecule has 0 radical (unpaired) electrons. The molecule has 1 aromatic heterocycles. The molecular weight excluding hydrogens is 430 g/mol. The lowest BCUT2D eigenvalue weighted by Crippen LogP contribution is -2.37. The molecule has 32 heavy (non-hydrogen) atoms. The second-order valence-electron chi connectivity index (χ2n) is 8.02. The van der Waals surface area contributed by atoms with Crippen LogP contribution >= 0.6 is 11.6 Å². The minimum atomic E-state index is -0.559. The predicted octanol–water partition coefficient (Wildman–Crippen LogP) is 4.49. The zero-order valence-electron chi connectivity index (χ0n) is 18.6. The number of amides is 1. The Labute approximate surface area is 193 Å². The Hall–Kier alpha value is -2.67. The number of rotatable bonds is 9. The maximum Gasteiger partial charge on any atom is 0.308 e. The summed E-state index contributed by atoms with van der Waals surface area (Å²) in [4.78, 5) is 33.5. The van der Waals surface area contributed by atoms with Crippen molar-refractivity contribution in [1.82, 2.24) is 15.3 Å². The van der Waals surface area contributed by atoms with Crippen LogP contribution in [0.5, 0.6) is 5.75 Å². The van der Waals surface area contributed by atoms with Crippen LogP contribution < -0.4 is 10.1 Å². The average molecular weight is 460 g/mol. The molecule has 0 saturated heterocycles. The van der Waals surface area contributed by atoms with Gasteiger partial charge in [0.05, 0.1) is 25.7 Å². The van der Waals surface area contributed by atoms with E-state index in [0.717, 1.165) is 24.2 Å². The number of benzene rings is 1. The lowest BCUT2D eigenvalue weighted by Gasteiger charge is -2.28. The molecule has 1 aliphatic rings. The van der Waals surface area contributed by atoms with E-state index in [1.54, 1.807) is 6.20 Å². The van der Waals surface area contributed by atoms with Gasteiger partial charge in [0.2, 0.25) is 5.91 Å². The summed E-state index contributed by atoms with van der Waals surface area (Å²) in [6.45, 7) is 2.74. The van der Waals surface area contributed by atoms with E-state index in [0.29, 0.717) is 38.0 Å². The van der Waals surface area contributed by atoms with E-state index >= 15 is 0 Å². The van der Waals surface area contributed by atoms with Gasteiger partial charge < -0.3 is 14.8 Å². The molecule has 172 valence electrons. The number of carbonyl (C=O) groups excluding carboxylic acids is 2. The molecule has 0 aliphatic heterocycles. The number of methoxy groups -OCH3 is 1. The third-order valence-electron chi connectivity index (χ3n) is 5.83. The number of esters is 1. The smallest absolute Gasteiger partial charge is 0.308 e. The number of nitrogens with zero attached hydrogens (tertiary/aromatic N) is 2. The first-order chi connectivity index (χ1) is 15.5. The number of halogens is 1. The number of hydrogen-bond donors (Lipinski definition) is 1. The van der Waals surface area contributed by atoms with E-state index in [2.05, 4.69) is 22.2 Å². The van der Waals surface area contributed by atoms with Crippen molar-refractivity contribution in [2.45, 2.75) is 51.5 Å². The summed E-state index contributed by atoms with van der Waals surface area (Å²) in [7, 11) is 1.40. The first-order valence-electron chi connectivity index (χ1n) is 11.1. The monoisotopic (exact) mass is 459 g/mol. The molecule has 3 rings (SSSR count). The Kier molecular flexibility index (Phi) is 8.85. The Bertz CT molecular complexity index is 916. The Morgan fingerprint density at radius 1 is 1.16 bits per heavy atom. The molecule has 1 heterocycles. The third-order valence-corrected chi connectivity index (χ3v) is 6.12. The maximum atomic E-state index is 13.2. The van der Waals surface area contributed by atoms with Crippen molar-refractivity contribution in [3.8, 4) is 5.75 Å². The molecule has 1 unspecified atom stereocenters. The number of ether oxygens (including phenoxy) is 2. The molecule has 8 heteroatoms. The summed E-state index contributed by atoms with van der Waals surface area (Å²) < 4.78 is 10.7. The van der Waals surface area contributed by atoms with E-state index < -0.39 is 6.04 Å². The van der Waals surface area contributed by atoms with Gasteiger partial charge in [0.25, 0.3) is 0 Å². The Balaban J connectivity index is 1.78. The summed E-state index contributed by atoms with van der Waals surface area (Å²) in [5.74, 6) is 0.128. The SMILES string of the molecule is CCCCOc1cccc(C(NC(=O)[C@H]2CC[C@H](C(=O)OC)CC2)c2nccnc2Cl)c1. The Morgan fingerprint density at radius 3 is 2.56 bits per heavy atom. The third kappa shape index (κ3) is 6.19. The molecule has 1 aromatic carbocycles. The second-order valence-corrected chi connectivity index (χ2v) is 8.38. The van der Waals surface area contributed by atoms with Gasteiger partial charge >= 0.3 is 5.97 Å². The first-order valence-corrected chi connectivity index (χ1v) is 11.5. The largest absolute Gasteiger partial charge is 0.494 e. The van der Waals surface area contributed by atoms with Gasteiger partial charge in [0.1, 0.15) is 11.4 Å². The van der Waals surface area contributed by atoms with Crippen LogP contribution in [0, 0.1) is 11.8 Å². The van der Waals surface area contributed by atoms with Crippen LogP contribution in [-0.4, -0.2) is 35.6 Å². The van der Waals surface area contributed by atoms with E-state index in [9.17, 15) is 9.59 Å². The normalized spacial score (nSPS) is 19.1. The summed E-state index contributed by atoms with van der Waals surface area (Å²) >= 11 is 6.34. The van der Waals surface area contributed by atoms with Crippen molar-refractivity contribution in [3.05, 3.63) is 53.1 Å². The molecule has 1 atom stereocenters. The number of aromatic nitrogens is 2. The minimum absolute atomic E-state index is 0.0858. The van der Waals surface area contributed by atoms with Crippen molar-refractivity contribution in [2.75, 3.05) is 13.7 Å². The van der Waals surface area contributed by atoms with Gasteiger partial charge in [-0.1, -0.05) is 37.1 Å². The van der Waals surface area contributed by atoms with Gasteiger partial charge in [-0.3, -0.25) is 14.6 Å². The predicted molar refractivity (Wildman–Crippen MR) is 121 cm³/mol. The molecule has 1 fully saturated rings. The molecule has 1 aliphatic carbocycles. The second kappa shape index (κ2) is 11.8. The van der Waals surface area contributed by atoms with Crippen molar-refractivity contribution in [2.24, 2.45) is 11.8 Å². The highest BCUT2D eigenvalue weighted by Crippen LogP contribution is 2.32. The van der Waals surface area contributed by atoms with Crippen LogP contribution in [0.4, 0.5) is 0 Å². The lowest BCUT2D eigenvalue weighted by atomic mass is 9.81. The molecule has 0 bridgehead atoms. The van der Waals surface area contributed by atoms with Crippen LogP contribution in [0.3, 0.4) is 0 Å². The molecule has 1 amide bonds. The van der Waals surface area contributed by atoms with Crippen molar-refractivity contribution in [3.63, 3.8) is 0 Å². The van der Waals surface area contributed by atoms with Crippen LogP contribution in [0.2, 0.25) is 5.15 Å². The van der Waals surface area contributed by atoms with Gasteiger partial charge in [0, 0.05) is 18.3 Å². The van der Waals surface area contributed by atoms with Gasteiger partial charge in [0.15, 0.2) is 5.15 Å². The van der Waals surface area contributed by atoms with Crippen LogP contribution in [0.15, 0.2) is 36.7 Å². The van der Waals surface area contributed by atoms with E-state index in [4.69, 9.17) is 21.1 Å². The van der Waals surface area contributed by atoms with Gasteiger partial charge in [-0.15, -0.1) is 0 Å². The summed E-state index contributed by atoms with van der Waals surface area (Å²) in [5, 5.41) is 3.36. The Morgan fingerprint density at radius 2 is 1.88 bits per heavy atom. The van der Waals surface area contributed by atoms with E-state index in [-0.39, 0.29) is 28.9 Å². The molecule has 7 nitrogen and oxygen atoms in total. The summed E-state index contributed by atoms with van der Waals surface area (Å²) in [6.07, 6.45) is 7.64. The fraction of sp³-hybridized carbons (Fsp3) is 0.500. The van der Waals surface area contributed by atoms with Gasteiger partial charge in [-0.2, -0.15) is 0 Å². The molecule has 0 spiro atoms. The fourth-order valence-electron chi connectivity index (χ4n) is 3.97. The highest BCUT2D eigenvalue weighted by Gasteiger charge is 2.32. The van der Waals surface area contributed by atoms with Crippen LogP contribution in [0.1, 0.15) is 62.7 Å². The number of carbonyl (C=O) groups is 2. The van der Waals surface area contributed by atoms with Gasteiger partial charge in [-0.05, 0) is 49.8 Å². The van der Waals surface area contributed by atoms with E-state index in [1.165, 1.54) is 13.3 Å². The number of nitrogens with one attached hydrogen (secondary N) is 1. The average Bonchev–Trinajstić information content (AvgIpc) is 2.83. The molecule has 1 saturated carbocycles. The fourth-order valence-corrected chi connectivity index (χ4v) is 4.19. The van der Waals surface area contributed by atoms with Crippen LogP contribution in [-0.2, 0) is 14.3 Å². The van der Waals surface area contributed by atoms with Crippen molar-refractivity contribution < 1.29 is 19.1 Å². The zero-order chi connectivity index (χ0) is 22.9. The number of hydrogen-bond acceptors (Lipinski definition) is 6. The zero-order valence-corrected chi connectivity index (χ0v) is 19.3. The van der Waals surface area contributed by atoms with Crippen molar-refractivity contribution >= 4 is 23.5 Å². The quantitative estimate of drug-likeness (QED) is 0.438. The minimum Gasteiger partial charge on any atom is -0.494 e. The topological polar surface area (TPSA) is 90.4 Å². The first kappa shape index (κ1) is 24.0. The molecule has 1 N–H and O–H groups in total. The summed E-state index contributed by atoms with van der Waals surface area (Å²) in [5.41, 5.74) is 1.30. The van der Waals surface area contributed by atoms with Crippen LogP contribution in [0.25, 0.3) is 0 Å². The standard InChI is InChI=1S/C24H30ClN3O4/c1-3-4-14-32-19-7-5-6-18(15-19)20(21-22(25)27-13-12-26-21)28-23(29)16-8-10-17(11-9-16)24(30)31-2/h5-7,12-13,15-17,20H,3-4,8-11,14H2,1-2H3,(H,28,29)/t16-,17-,20?. The van der Waals surface area contributed by atoms with Gasteiger partial charge in [-0.25, -0.2) is 4.98 Å². The number of unbranched alkanes of at least 4 members (excludes halogenated alkanes) is 1. The highest BCUT2D eigenvalue weighted by atomic mass is 35.5. The lowest BCUT2D eigenvalue weighted by molar-refractivity contribution is -0.147. The molecular formula is C24H30ClN3O4. The van der Waals surface area contributed by atoms with Crippen molar-refractivity contribution in [1.29, 1.82) is 0 Å². The van der Waals surface area contributed by atoms with E-state index in [1.807, 2.05) is 24.3 Å². The summed E-state index contributed by atoms with van der Waals surface area (Å²) in [6, 6.07) is 7.04.